The van der Waals surface area contributed by atoms with E-state index in [0.29, 0.717) is 25.3 Å². The van der Waals surface area contributed by atoms with Crippen LogP contribution in [-0.4, -0.2) is 30.2 Å². The largest absolute Gasteiger partial charge is 0.486 e. The maximum Gasteiger partial charge on any atom is 0.253 e. The van der Waals surface area contributed by atoms with Gasteiger partial charge >= 0.3 is 0 Å². The minimum atomic E-state index is -0.0385. The monoisotopic (exact) mass is 382 g/mol. The number of benzene rings is 1. The van der Waals surface area contributed by atoms with Crippen LogP contribution in [0.25, 0.3) is 5.69 Å². The van der Waals surface area contributed by atoms with Crippen molar-refractivity contribution in [3.8, 4) is 17.2 Å². The molecule has 4 rings (SSSR count). The summed E-state index contributed by atoms with van der Waals surface area (Å²) < 4.78 is 13.4. The number of hydrogen-bond acceptors (Lipinski definition) is 4. The molecule has 0 saturated heterocycles. The van der Waals surface area contributed by atoms with E-state index >= 15 is 0 Å². The summed E-state index contributed by atoms with van der Waals surface area (Å²) in [6.45, 7) is 5.74. The van der Waals surface area contributed by atoms with Crippen LogP contribution in [0.5, 0.6) is 11.5 Å². The third kappa shape index (κ3) is 3.57. The molecule has 0 atom stereocenters. The molecule has 1 N–H and O–H groups in total. The van der Waals surface area contributed by atoms with Gasteiger partial charge in [0.2, 0.25) is 0 Å². The van der Waals surface area contributed by atoms with Gasteiger partial charge in [0.05, 0.1) is 5.56 Å². The van der Waals surface area contributed by atoms with Crippen molar-refractivity contribution in [2.24, 2.45) is 0 Å². The number of hydrogen-bond donors (Lipinski definition) is 1. The Kier molecular flexibility index (Phi) is 4.90. The highest BCUT2D eigenvalue weighted by molar-refractivity contribution is 7.09. The highest BCUT2D eigenvalue weighted by Crippen LogP contribution is 2.33. The summed E-state index contributed by atoms with van der Waals surface area (Å²) in [6, 6.07) is 11.9. The summed E-state index contributed by atoms with van der Waals surface area (Å²) >= 11 is 1.71. The van der Waals surface area contributed by atoms with E-state index in [2.05, 4.69) is 21.3 Å². The maximum atomic E-state index is 12.7. The number of rotatable bonds is 5. The van der Waals surface area contributed by atoms with Gasteiger partial charge in [-0.05, 0) is 49.9 Å². The third-order valence-electron chi connectivity index (χ3n) is 4.70. The second kappa shape index (κ2) is 7.48. The Bertz CT molecular complexity index is 960. The molecular formula is C21H22N2O3S. The van der Waals surface area contributed by atoms with Gasteiger partial charge in [0.15, 0.2) is 11.5 Å². The fourth-order valence-corrected chi connectivity index (χ4v) is 4.12. The molecule has 0 saturated carbocycles. The molecule has 3 aromatic rings. The van der Waals surface area contributed by atoms with Gasteiger partial charge in [-0.1, -0.05) is 6.07 Å². The van der Waals surface area contributed by atoms with Crippen molar-refractivity contribution in [3.05, 3.63) is 63.6 Å². The molecule has 1 aliphatic heterocycles. The van der Waals surface area contributed by atoms with E-state index in [1.165, 1.54) is 4.88 Å². The van der Waals surface area contributed by atoms with Gasteiger partial charge in [0.25, 0.3) is 5.91 Å². The number of nitrogens with one attached hydrogen (secondary N) is 1. The van der Waals surface area contributed by atoms with Gasteiger partial charge in [0, 0.05) is 34.6 Å². The Morgan fingerprint density at radius 3 is 2.74 bits per heavy atom. The highest BCUT2D eigenvalue weighted by Gasteiger charge is 2.18. The van der Waals surface area contributed by atoms with Gasteiger partial charge in [-0.25, -0.2) is 0 Å². The van der Waals surface area contributed by atoms with Crippen molar-refractivity contribution in [2.75, 3.05) is 19.8 Å². The van der Waals surface area contributed by atoms with Crippen molar-refractivity contribution in [1.29, 1.82) is 0 Å². The molecule has 27 heavy (non-hydrogen) atoms. The van der Waals surface area contributed by atoms with E-state index in [1.54, 1.807) is 11.3 Å². The van der Waals surface area contributed by atoms with Gasteiger partial charge in [-0.15, -0.1) is 11.3 Å². The molecule has 140 valence electrons. The van der Waals surface area contributed by atoms with Crippen LogP contribution in [0.4, 0.5) is 0 Å². The number of fused-ring (bicyclic) bond motifs is 1. The molecule has 2 aromatic heterocycles. The Labute approximate surface area is 162 Å². The number of aromatic nitrogens is 1. The standard InChI is InChI=1S/C21H22N2O3S/c1-14-12-18(21(24)22-8-7-17-4-3-11-27-17)15(2)23(14)16-5-6-19-20(13-16)26-10-9-25-19/h3-6,11-13H,7-10H2,1-2H3,(H,22,24). The van der Waals surface area contributed by atoms with Gasteiger partial charge in [-0.2, -0.15) is 0 Å². The molecule has 0 aliphatic carbocycles. The maximum absolute atomic E-state index is 12.7. The second-order valence-corrected chi connectivity index (χ2v) is 7.57. The smallest absolute Gasteiger partial charge is 0.253 e. The summed E-state index contributed by atoms with van der Waals surface area (Å²) in [5.74, 6) is 1.47. The van der Waals surface area contributed by atoms with E-state index in [0.717, 1.165) is 35.0 Å². The predicted molar refractivity (Wildman–Crippen MR) is 107 cm³/mol. The van der Waals surface area contributed by atoms with E-state index in [4.69, 9.17) is 9.47 Å². The normalized spacial score (nSPS) is 12.8. The summed E-state index contributed by atoms with van der Waals surface area (Å²) in [4.78, 5) is 13.9. The number of carbonyl (C=O) groups is 1. The Hall–Kier alpha value is -2.73. The SMILES string of the molecule is Cc1cc(C(=O)NCCc2cccs2)c(C)n1-c1ccc2c(c1)OCCO2. The first kappa shape index (κ1) is 17.7. The van der Waals surface area contributed by atoms with Crippen LogP contribution in [0.3, 0.4) is 0 Å². The van der Waals surface area contributed by atoms with Crippen LogP contribution in [-0.2, 0) is 6.42 Å². The lowest BCUT2D eigenvalue weighted by molar-refractivity contribution is 0.0953. The molecule has 3 heterocycles. The van der Waals surface area contributed by atoms with Gasteiger partial charge in [0.1, 0.15) is 13.2 Å². The van der Waals surface area contributed by atoms with Crippen LogP contribution >= 0.6 is 11.3 Å². The van der Waals surface area contributed by atoms with Crippen LogP contribution in [0.1, 0.15) is 26.6 Å². The Balaban J connectivity index is 1.53. The first-order chi connectivity index (χ1) is 13.1. The average Bonchev–Trinajstić information content (AvgIpc) is 3.29. The zero-order chi connectivity index (χ0) is 18.8. The molecule has 1 aromatic carbocycles. The second-order valence-electron chi connectivity index (χ2n) is 6.53. The summed E-state index contributed by atoms with van der Waals surface area (Å²) in [7, 11) is 0. The zero-order valence-corrected chi connectivity index (χ0v) is 16.3. The molecule has 0 radical (unpaired) electrons. The Morgan fingerprint density at radius 2 is 1.96 bits per heavy atom. The number of thiophene rings is 1. The van der Waals surface area contributed by atoms with Crippen LogP contribution in [0, 0.1) is 13.8 Å². The first-order valence-electron chi connectivity index (χ1n) is 9.03. The minimum Gasteiger partial charge on any atom is -0.486 e. The lowest BCUT2D eigenvalue weighted by atomic mass is 10.2. The lowest BCUT2D eigenvalue weighted by Crippen LogP contribution is -2.26. The van der Waals surface area contributed by atoms with Crippen molar-refractivity contribution < 1.29 is 14.3 Å². The molecule has 5 nitrogen and oxygen atoms in total. The molecular weight excluding hydrogens is 360 g/mol. The fourth-order valence-electron chi connectivity index (χ4n) is 3.41. The van der Waals surface area contributed by atoms with Crippen LogP contribution in [0.2, 0.25) is 0 Å². The summed E-state index contributed by atoms with van der Waals surface area (Å²) in [5, 5.41) is 5.08. The topological polar surface area (TPSA) is 52.5 Å². The van der Waals surface area contributed by atoms with Crippen LogP contribution in [0.15, 0.2) is 41.8 Å². The number of carbonyl (C=O) groups excluding carboxylic acids is 1. The highest BCUT2D eigenvalue weighted by atomic mass is 32.1. The number of amides is 1. The molecule has 1 aliphatic rings. The Morgan fingerprint density at radius 1 is 1.15 bits per heavy atom. The first-order valence-corrected chi connectivity index (χ1v) is 9.91. The minimum absolute atomic E-state index is 0.0385. The predicted octanol–water partition coefficient (Wildman–Crippen LogP) is 3.90. The molecule has 0 bridgehead atoms. The van der Waals surface area contributed by atoms with Gasteiger partial charge < -0.3 is 19.4 Å². The molecule has 0 unspecified atom stereocenters. The van der Waals surface area contributed by atoms with Crippen molar-refractivity contribution >= 4 is 17.2 Å². The number of nitrogens with zero attached hydrogens (tertiary/aromatic N) is 1. The van der Waals surface area contributed by atoms with Crippen molar-refractivity contribution in [3.63, 3.8) is 0 Å². The fraction of sp³-hybridized carbons (Fsp3) is 0.286. The number of ether oxygens (including phenoxy) is 2. The molecule has 0 spiro atoms. The van der Waals surface area contributed by atoms with Crippen LogP contribution < -0.4 is 14.8 Å². The van der Waals surface area contributed by atoms with E-state index in [9.17, 15) is 4.79 Å². The molecule has 0 fully saturated rings. The lowest BCUT2D eigenvalue weighted by Gasteiger charge is -2.20. The van der Waals surface area contributed by atoms with E-state index < -0.39 is 0 Å². The average molecular weight is 382 g/mol. The van der Waals surface area contributed by atoms with Crippen molar-refractivity contribution in [1.82, 2.24) is 9.88 Å². The number of aryl methyl sites for hydroxylation is 1. The van der Waals surface area contributed by atoms with E-state index in [1.807, 2.05) is 44.2 Å². The van der Waals surface area contributed by atoms with Crippen molar-refractivity contribution in [2.45, 2.75) is 20.3 Å². The summed E-state index contributed by atoms with van der Waals surface area (Å²) in [5.41, 5.74) is 3.59. The molecule has 6 heteroatoms. The third-order valence-corrected chi connectivity index (χ3v) is 5.63. The van der Waals surface area contributed by atoms with E-state index in [-0.39, 0.29) is 5.91 Å². The quantitative estimate of drug-likeness (QED) is 0.728. The molecule has 1 amide bonds. The van der Waals surface area contributed by atoms with Gasteiger partial charge in [-0.3, -0.25) is 4.79 Å². The summed E-state index contributed by atoms with van der Waals surface area (Å²) in [6.07, 6.45) is 0.851. The zero-order valence-electron chi connectivity index (χ0n) is 15.5.